The van der Waals surface area contributed by atoms with E-state index in [4.69, 9.17) is 0 Å². The van der Waals surface area contributed by atoms with E-state index in [1.54, 1.807) is 0 Å². The van der Waals surface area contributed by atoms with Crippen LogP contribution in [0.3, 0.4) is 0 Å². The number of rotatable bonds is 1. The number of fused-ring (bicyclic) bond motifs is 2. The molecule has 0 radical (unpaired) electrons. The Bertz CT molecular complexity index is 305. The predicted octanol–water partition coefficient (Wildman–Crippen LogP) is 1.79. The normalized spacial score (nSPS) is 46.7. The largest absolute Gasteiger partial charge is 0.396 e. The highest BCUT2D eigenvalue weighted by molar-refractivity contribution is 5.86. The van der Waals surface area contributed by atoms with Crippen molar-refractivity contribution in [3.05, 3.63) is 11.6 Å². The molecule has 0 aliphatic heterocycles. The summed E-state index contributed by atoms with van der Waals surface area (Å²) in [5.41, 5.74) is 1.21. The first-order valence-electron chi connectivity index (χ1n) is 5.32. The molecule has 3 aliphatic carbocycles. The van der Waals surface area contributed by atoms with Gasteiger partial charge in [-0.05, 0) is 18.8 Å². The van der Waals surface area contributed by atoms with Crippen LogP contribution in [0.4, 0.5) is 0 Å². The first kappa shape index (κ1) is 9.91. The SMILES string of the molecule is CC1=C[C@@H]2C(=O)C[C@H]1[C@](C)(CO)[C@H]2C. The van der Waals surface area contributed by atoms with Crippen molar-refractivity contribution in [3.63, 3.8) is 0 Å². The van der Waals surface area contributed by atoms with Gasteiger partial charge in [-0.3, -0.25) is 4.79 Å². The molecule has 0 aromatic rings. The number of Topliss-reactive ketones (excluding diaryl/α,β-unsaturated/α-hetero) is 1. The second-order valence-electron chi connectivity index (χ2n) is 5.11. The second kappa shape index (κ2) is 2.93. The Hall–Kier alpha value is -0.630. The topological polar surface area (TPSA) is 37.3 Å². The van der Waals surface area contributed by atoms with Gasteiger partial charge >= 0.3 is 0 Å². The molecule has 0 unspecified atom stereocenters. The van der Waals surface area contributed by atoms with E-state index in [2.05, 4.69) is 26.8 Å². The summed E-state index contributed by atoms with van der Waals surface area (Å²) in [5, 5.41) is 9.51. The van der Waals surface area contributed by atoms with Crippen molar-refractivity contribution in [1.29, 1.82) is 0 Å². The maximum atomic E-state index is 11.7. The van der Waals surface area contributed by atoms with E-state index in [9.17, 15) is 9.90 Å². The molecule has 0 aromatic heterocycles. The third-order valence-corrected chi connectivity index (χ3v) is 4.48. The minimum absolute atomic E-state index is 0.0529. The van der Waals surface area contributed by atoms with Crippen molar-refractivity contribution >= 4 is 5.78 Å². The van der Waals surface area contributed by atoms with Crippen molar-refractivity contribution in [2.45, 2.75) is 27.2 Å². The molecule has 2 heteroatoms. The third-order valence-electron chi connectivity index (χ3n) is 4.48. The van der Waals surface area contributed by atoms with E-state index in [-0.39, 0.29) is 29.8 Å². The molecule has 14 heavy (non-hydrogen) atoms. The van der Waals surface area contributed by atoms with Crippen LogP contribution in [0.1, 0.15) is 27.2 Å². The molecule has 3 aliphatic rings. The summed E-state index contributed by atoms with van der Waals surface area (Å²) in [7, 11) is 0. The first-order chi connectivity index (χ1) is 6.50. The average molecular weight is 194 g/mol. The first-order valence-corrected chi connectivity index (χ1v) is 5.32. The molecular formula is C12H18O2. The fraction of sp³-hybridized carbons (Fsp3) is 0.750. The Morgan fingerprint density at radius 2 is 2.29 bits per heavy atom. The van der Waals surface area contributed by atoms with Crippen LogP contribution in [0.5, 0.6) is 0 Å². The van der Waals surface area contributed by atoms with Crippen molar-refractivity contribution in [1.82, 2.24) is 0 Å². The standard InChI is InChI=1S/C12H18O2/c1-7-4-9-8(2)12(3,6-13)10(7)5-11(9)14/h4,8-10,13H,5-6H2,1-3H3/t8-,9-,10+,12+/m0/s1. The lowest BCUT2D eigenvalue weighted by molar-refractivity contribution is -0.135. The van der Waals surface area contributed by atoms with Crippen molar-refractivity contribution in [2.75, 3.05) is 6.61 Å². The molecule has 78 valence electrons. The molecule has 2 nitrogen and oxygen atoms in total. The zero-order chi connectivity index (χ0) is 10.5. The van der Waals surface area contributed by atoms with Crippen LogP contribution in [0.2, 0.25) is 0 Å². The summed E-state index contributed by atoms with van der Waals surface area (Å²) in [6.45, 7) is 6.48. The lowest BCUT2D eigenvalue weighted by atomic mass is 9.52. The molecular weight excluding hydrogens is 176 g/mol. The molecule has 0 aromatic carbocycles. The molecule has 0 heterocycles. The van der Waals surface area contributed by atoms with Gasteiger partial charge in [-0.25, -0.2) is 0 Å². The molecule has 1 N–H and O–H groups in total. The van der Waals surface area contributed by atoms with Gasteiger partial charge in [0, 0.05) is 24.4 Å². The highest BCUT2D eigenvalue weighted by Crippen LogP contribution is 2.53. The number of carbonyl (C=O) groups is 1. The zero-order valence-corrected chi connectivity index (χ0v) is 9.08. The lowest BCUT2D eigenvalue weighted by Crippen LogP contribution is -2.51. The summed E-state index contributed by atoms with van der Waals surface area (Å²) in [6.07, 6.45) is 2.74. The van der Waals surface area contributed by atoms with Crippen molar-refractivity contribution < 1.29 is 9.90 Å². The molecule has 1 saturated carbocycles. The highest BCUT2D eigenvalue weighted by atomic mass is 16.3. The van der Waals surface area contributed by atoms with Crippen LogP contribution in [0, 0.1) is 23.2 Å². The number of hydrogen-bond acceptors (Lipinski definition) is 2. The van der Waals surface area contributed by atoms with Crippen LogP contribution in [0.25, 0.3) is 0 Å². The Balaban J connectivity index is 2.46. The molecule has 0 spiro atoms. The number of aliphatic hydroxyl groups excluding tert-OH is 1. The van der Waals surface area contributed by atoms with E-state index in [1.165, 1.54) is 5.57 Å². The Morgan fingerprint density at radius 1 is 1.64 bits per heavy atom. The Kier molecular flexibility index (Phi) is 2.07. The molecule has 0 saturated heterocycles. The zero-order valence-electron chi connectivity index (χ0n) is 9.08. The Labute approximate surface area is 85.0 Å². The summed E-state index contributed by atoms with van der Waals surface area (Å²) < 4.78 is 0. The minimum Gasteiger partial charge on any atom is -0.396 e. The second-order valence-corrected chi connectivity index (χ2v) is 5.11. The van der Waals surface area contributed by atoms with Crippen LogP contribution in [-0.2, 0) is 4.79 Å². The molecule has 4 atom stereocenters. The van der Waals surface area contributed by atoms with E-state index in [0.717, 1.165) is 0 Å². The lowest BCUT2D eigenvalue weighted by Gasteiger charge is -2.52. The van der Waals surface area contributed by atoms with E-state index >= 15 is 0 Å². The van der Waals surface area contributed by atoms with Crippen LogP contribution in [-0.4, -0.2) is 17.5 Å². The van der Waals surface area contributed by atoms with E-state index in [0.29, 0.717) is 12.2 Å². The van der Waals surface area contributed by atoms with Crippen molar-refractivity contribution in [3.8, 4) is 0 Å². The summed E-state index contributed by atoms with van der Waals surface area (Å²) >= 11 is 0. The quantitative estimate of drug-likeness (QED) is 0.646. The minimum atomic E-state index is -0.0859. The van der Waals surface area contributed by atoms with Gasteiger partial charge in [-0.15, -0.1) is 0 Å². The summed E-state index contributed by atoms with van der Waals surface area (Å²) in [5.74, 6) is 0.957. The molecule has 0 amide bonds. The number of ketones is 1. The maximum absolute atomic E-state index is 11.7. The number of hydrogen-bond donors (Lipinski definition) is 1. The fourth-order valence-electron chi connectivity index (χ4n) is 3.15. The van der Waals surface area contributed by atoms with Gasteiger partial charge in [0.1, 0.15) is 5.78 Å². The number of aliphatic hydroxyl groups is 1. The number of carbonyl (C=O) groups excluding carboxylic acids is 1. The van der Waals surface area contributed by atoms with Gasteiger partial charge in [0.2, 0.25) is 0 Å². The third kappa shape index (κ3) is 1.04. The molecule has 2 bridgehead atoms. The average Bonchev–Trinajstić information content (AvgIpc) is 2.16. The van der Waals surface area contributed by atoms with Gasteiger partial charge in [0.25, 0.3) is 0 Å². The van der Waals surface area contributed by atoms with Crippen LogP contribution < -0.4 is 0 Å². The molecule has 3 rings (SSSR count). The van der Waals surface area contributed by atoms with Crippen LogP contribution >= 0.6 is 0 Å². The van der Waals surface area contributed by atoms with Gasteiger partial charge < -0.3 is 5.11 Å². The monoisotopic (exact) mass is 194 g/mol. The number of allylic oxidation sites excluding steroid dienone is 2. The Morgan fingerprint density at radius 3 is 2.86 bits per heavy atom. The van der Waals surface area contributed by atoms with Crippen LogP contribution in [0.15, 0.2) is 11.6 Å². The predicted molar refractivity (Wildman–Crippen MR) is 54.7 cm³/mol. The van der Waals surface area contributed by atoms with E-state index < -0.39 is 0 Å². The summed E-state index contributed by atoms with van der Waals surface area (Å²) in [4.78, 5) is 11.7. The van der Waals surface area contributed by atoms with Gasteiger partial charge in [-0.2, -0.15) is 0 Å². The summed E-state index contributed by atoms with van der Waals surface area (Å²) in [6, 6.07) is 0. The van der Waals surface area contributed by atoms with E-state index in [1.807, 2.05) is 0 Å². The van der Waals surface area contributed by atoms with Gasteiger partial charge in [0.15, 0.2) is 0 Å². The highest BCUT2D eigenvalue weighted by Gasteiger charge is 2.52. The molecule has 1 fully saturated rings. The smallest absolute Gasteiger partial charge is 0.140 e. The van der Waals surface area contributed by atoms with Gasteiger partial charge in [-0.1, -0.05) is 25.5 Å². The fourth-order valence-corrected chi connectivity index (χ4v) is 3.15. The van der Waals surface area contributed by atoms with Gasteiger partial charge in [0.05, 0.1) is 0 Å². The van der Waals surface area contributed by atoms with Crippen molar-refractivity contribution in [2.24, 2.45) is 23.2 Å². The maximum Gasteiger partial charge on any atom is 0.140 e.